The summed E-state index contributed by atoms with van der Waals surface area (Å²) in [5.41, 5.74) is 6.18. The fourth-order valence-corrected chi connectivity index (χ4v) is 2.58. The molecule has 1 fully saturated rings. The van der Waals surface area contributed by atoms with Gasteiger partial charge < -0.3 is 15.7 Å². The number of rotatable bonds is 2. The third-order valence-corrected chi connectivity index (χ3v) is 3.53. The summed E-state index contributed by atoms with van der Waals surface area (Å²) in [4.78, 5) is 17.6. The zero-order valence-corrected chi connectivity index (χ0v) is 10.8. The lowest BCUT2D eigenvalue weighted by Crippen LogP contribution is -2.41. The maximum absolute atomic E-state index is 11.3. The van der Waals surface area contributed by atoms with Crippen molar-refractivity contribution in [3.63, 3.8) is 0 Å². The number of nitrogens with two attached hydrogens (primary N) is 1. The van der Waals surface area contributed by atoms with E-state index in [1.54, 1.807) is 0 Å². The van der Waals surface area contributed by atoms with Crippen molar-refractivity contribution in [3.8, 4) is 0 Å². The van der Waals surface area contributed by atoms with Gasteiger partial charge in [0.2, 0.25) is 0 Å². The molecule has 0 radical (unpaired) electrons. The first-order valence-corrected chi connectivity index (χ1v) is 6.24. The second kappa shape index (κ2) is 4.84. The van der Waals surface area contributed by atoms with Crippen LogP contribution in [-0.4, -0.2) is 28.6 Å². The first-order valence-electron chi connectivity index (χ1n) is 6.24. The highest BCUT2D eigenvalue weighted by atomic mass is 16.4. The summed E-state index contributed by atoms with van der Waals surface area (Å²) in [6.07, 6.45) is 3.65. The Morgan fingerprint density at radius 3 is 2.89 bits per heavy atom. The number of piperidine rings is 1. The second-order valence-corrected chi connectivity index (χ2v) is 5.12. The predicted molar refractivity (Wildman–Crippen MR) is 70.8 cm³/mol. The monoisotopic (exact) mass is 249 g/mol. The summed E-state index contributed by atoms with van der Waals surface area (Å²) in [6.45, 7) is 5.18. The lowest BCUT2D eigenvalue weighted by molar-refractivity contribution is 0.0697. The van der Waals surface area contributed by atoms with E-state index in [9.17, 15) is 9.90 Å². The van der Waals surface area contributed by atoms with Crippen LogP contribution in [0.3, 0.4) is 0 Å². The van der Waals surface area contributed by atoms with Crippen LogP contribution < -0.4 is 10.6 Å². The maximum Gasteiger partial charge on any atom is 0.339 e. The first kappa shape index (κ1) is 12.7. The van der Waals surface area contributed by atoms with Crippen molar-refractivity contribution >= 4 is 17.5 Å². The van der Waals surface area contributed by atoms with Crippen LogP contribution >= 0.6 is 0 Å². The number of pyridine rings is 1. The number of anilines is 2. The molecule has 0 saturated carbocycles. The molecule has 18 heavy (non-hydrogen) atoms. The minimum Gasteiger partial charge on any atom is -0.478 e. The quantitative estimate of drug-likeness (QED) is 0.837. The third kappa shape index (κ3) is 2.39. The fraction of sp³-hybridized carbons (Fsp3) is 0.538. The molecule has 0 bridgehead atoms. The van der Waals surface area contributed by atoms with Gasteiger partial charge in [0.15, 0.2) is 0 Å². The minimum absolute atomic E-state index is 0.191. The highest BCUT2D eigenvalue weighted by Gasteiger charge is 2.27. The molecule has 2 heterocycles. The van der Waals surface area contributed by atoms with E-state index < -0.39 is 5.97 Å². The molecule has 0 amide bonds. The molecule has 2 unspecified atom stereocenters. The second-order valence-electron chi connectivity index (χ2n) is 5.12. The Labute approximate surface area is 107 Å². The van der Waals surface area contributed by atoms with Crippen LogP contribution in [0.1, 0.15) is 37.0 Å². The minimum atomic E-state index is -0.976. The highest BCUT2D eigenvalue weighted by Crippen LogP contribution is 2.29. The third-order valence-electron chi connectivity index (χ3n) is 3.53. The largest absolute Gasteiger partial charge is 0.478 e. The lowest BCUT2D eigenvalue weighted by Gasteiger charge is -2.38. The molecule has 1 aliphatic heterocycles. The van der Waals surface area contributed by atoms with Gasteiger partial charge in [-0.1, -0.05) is 6.92 Å². The molecular formula is C13H19N3O2. The Balaban J connectivity index is 2.35. The summed E-state index contributed by atoms with van der Waals surface area (Å²) >= 11 is 0. The van der Waals surface area contributed by atoms with Crippen molar-refractivity contribution in [3.05, 3.63) is 17.8 Å². The fourth-order valence-electron chi connectivity index (χ4n) is 2.58. The van der Waals surface area contributed by atoms with E-state index in [4.69, 9.17) is 5.73 Å². The molecule has 5 nitrogen and oxygen atoms in total. The van der Waals surface area contributed by atoms with Crippen molar-refractivity contribution in [2.45, 2.75) is 32.7 Å². The number of aromatic nitrogens is 1. The Bertz CT molecular complexity index is 462. The van der Waals surface area contributed by atoms with E-state index >= 15 is 0 Å². The Morgan fingerprint density at radius 1 is 1.56 bits per heavy atom. The number of hydrogen-bond acceptors (Lipinski definition) is 4. The van der Waals surface area contributed by atoms with Gasteiger partial charge in [-0.2, -0.15) is 0 Å². The molecule has 2 atom stereocenters. The summed E-state index contributed by atoms with van der Waals surface area (Å²) in [7, 11) is 0. The normalized spacial score (nSPS) is 24.0. The topological polar surface area (TPSA) is 79.5 Å². The Hall–Kier alpha value is -1.78. The van der Waals surface area contributed by atoms with E-state index in [1.165, 1.54) is 12.3 Å². The number of nitrogen functional groups attached to an aromatic ring is 1. The molecule has 98 valence electrons. The molecule has 0 aliphatic carbocycles. The van der Waals surface area contributed by atoms with Gasteiger partial charge in [0.25, 0.3) is 0 Å². The van der Waals surface area contributed by atoms with Crippen LogP contribution in [-0.2, 0) is 0 Å². The van der Waals surface area contributed by atoms with E-state index in [0.717, 1.165) is 19.4 Å². The molecule has 0 aromatic carbocycles. The van der Waals surface area contributed by atoms with Crippen molar-refractivity contribution < 1.29 is 9.90 Å². The van der Waals surface area contributed by atoms with Crippen LogP contribution in [0.5, 0.6) is 0 Å². The number of carbonyl (C=O) groups is 1. The number of nitrogens with zero attached hydrogens (tertiary/aromatic N) is 2. The number of carboxylic acid groups (broad SMARTS) is 1. The molecule has 3 N–H and O–H groups in total. The van der Waals surface area contributed by atoms with Crippen molar-refractivity contribution in [2.24, 2.45) is 5.92 Å². The Kier molecular flexibility index (Phi) is 3.41. The highest BCUT2D eigenvalue weighted by molar-refractivity contribution is 5.94. The molecular weight excluding hydrogens is 230 g/mol. The lowest BCUT2D eigenvalue weighted by atomic mass is 9.93. The van der Waals surface area contributed by atoms with E-state index in [2.05, 4.69) is 23.7 Å². The van der Waals surface area contributed by atoms with Crippen LogP contribution in [0.15, 0.2) is 12.3 Å². The number of carboxylic acids is 1. The van der Waals surface area contributed by atoms with E-state index in [0.29, 0.717) is 23.5 Å². The van der Waals surface area contributed by atoms with Gasteiger partial charge in [-0.05, 0) is 31.7 Å². The van der Waals surface area contributed by atoms with Gasteiger partial charge >= 0.3 is 5.97 Å². The number of aromatic carboxylic acids is 1. The summed E-state index contributed by atoms with van der Waals surface area (Å²) in [5.74, 6) is 0.241. The zero-order chi connectivity index (χ0) is 13.3. The Morgan fingerprint density at radius 2 is 2.28 bits per heavy atom. The van der Waals surface area contributed by atoms with Crippen LogP contribution in [0, 0.1) is 5.92 Å². The van der Waals surface area contributed by atoms with E-state index in [-0.39, 0.29) is 5.56 Å². The zero-order valence-electron chi connectivity index (χ0n) is 10.8. The van der Waals surface area contributed by atoms with Gasteiger partial charge in [0, 0.05) is 12.6 Å². The maximum atomic E-state index is 11.3. The average Bonchev–Trinajstić information content (AvgIpc) is 2.29. The molecule has 1 aliphatic rings. The average molecular weight is 249 g/mol. The van der Waals surface area contributed by atoms with Gasteiger partial charge in [-0.15, -0.1) is 0 Å². The van der Waals surface area contributed by atoms with Crippen molar-refractivity contribution in [1.82, 2.24) is 4.98 Å². The first-order chi connectivity index (χ1) is 8.49. The van der Waals surface area contributed by atoms with Crippen LogP contribution in [0.4, 0.5) is 11.5 Å². The molecule has 5 heteroatoms. The predicted octanol–water partition coefficient (Wildman–Crippen LogP) is 1.99. The molecule has 1 aromatic heterocycles. The van der Waals surface area contributed by atoms with Gasteiger partial charge in [0.1, 0.15) is 11.4 Å². The van der Waals surface area contributed by atoms with Crippen molar-refractivity contribution in [1.29, 1.82) is 0 Å². The molecule has 0 spiro atoms. The van der Waals surface area contributed by atoms with E-state index in [1.807, 2.05) is 0 Å². The molecule has 1 aromatic rings. The van der Waals surface area contributed by atoms with Crippen LogP contribution in [0.25, 0.3) is 0 Å². The number of hydrogen-bond donors (Lipinski definition) is 2. The van der Waals surface area contributed by atoms with Gasteiger partial charge in [-0.3, -0.25) is 0 Å². The molecule has 2 rings (SSSR count). The smallest absolute Gasteiger partial charge is 0.339 e. The van der Waals surface area contributed by atoms with Crippen LogP contribution in [0.2, 0.25) is 0 Å². The standard InChI is InChI=1S/C13H19N3O2/c1-8-3-4-16(9(2)5-8)12-11(13(17)18)6-10(14)7-15-12/h6-9H,3-5,14H2,1-2H3,(H,17,18). The summed E-state index contributed by atoms with van der Waals surface area (Å²) in [5, 5.41) is 9.24. The van der Waals surface area contributed by atoms with Gasteiger partial charge in [-0.25, -0.2) is 9.78 Å². The summed E-state index contributed by atoms with van der Waals surface area (Å²) < 4.78 is 0. The van der Waals surface area contributed by atoms with Crippen molar-refractivity contribution in [2.75, 3.05) is 17.2 Å². The molecule has 1 saturated heterocycles. The van der Waals surface area contributed by atoms with Gasteiger partial charge in [0.05, 0.1) is 11.9 Å². The summed E-state index contributed by atoms with van der Waals surface area (Å²) in [6, 6.07) is 1.79. The SMILES string of the molecule is CC1CCN(c2ncc(N)cc2C(=O)O)C(C)C1.